The van der Waals surface area contributed by atoms with E-state index in [-0.39, 0.29) is 28.4 Å². The summed E-state index contributed by atoms with van der Waals surface area (Å²) < 4.78 is 0. The Bertz CT molecular complexity index is 2780. The first-order valence-electron chi connectivity index (χ1n) is 23.5. The average Bonchev–Trinajstić information content (AvgIpc) is 3.22. The van der Waals surface area contributed by atoms with Gasteiger partial charge < -0.3 is 9.80 Å². The minimum atomic E-state index is -0.0368. The maximum Gasteiger partial charge on any atom is 0.252 e. The summed E-state index contributed by atoms with van der Waals surface area (Å²) in [6, 6.07) is 52.0. The van der Waals surface area contributed by atoms with E-state index in [1.165, 1.54) is 112 Å². The lowest BCUT2D eigenvalue weighted by Gasteiger charge is -2.46. The van der Waals surface area contributed by atoms with E-state index in [0.717, 1.165) is 0 Å². The zero-order valence-electron chi connectivity index (χ0n) is 41.2. The molecule has 0 bridgehead atoms. The van der Waals surface area contributed by atoms with Crippen molar-refractivity contribution in [3.63, 3.8) is 0 Å². The Morgan fingerprint density at radius 1 is 0.328 bits per heavy atom. The number of anilines is 6. The quantitative estimate of drug-likeness (QED) is 0.163. The van der Waals surface area contributed by atoms with Crippen molar-refractivity contribution in [2.45, 2.75) is 126 Å². The Hall–Kier alpha value is -5.80. The molecule has 0 aromatic heterocycles. The first kappa shape index (κ1) is 43.5. The van der Waals surface area contributed by atoms with Crippen molar-refractivity contribution in [3.05, 3.63) is 172 Å². The number of nitrogens with zero attached hydrogens (tertiary/aromatic N) is 2. The van der Waals surface area contributed by atoms with Crippen LogP contribution in [0.4, 0.5) is 34.1 Å². The molecule has 0 spiro atoms. The van der Waals surface area contributed by atoms with E-state index in [1.807, 2.05) is 0 Å². The van der Waals surface area contributed by atoms with E-state index in [0.29, 0.717) is 0 Å². The van der Waals surface area contributed by atoms with Crippen LogP contribution < -0.4 is 26.2 Å². The van der Waals surface area contributed by atoms with Crippen LogP contribution in [0.3, 0.4) is 0 Å². The molecule has 2 aliphatic heterocycles. The molecule has 64 heavy (non-hydrogen) atoms. The Kier molecular flexibility index (Phi) is 10.3. The third-order valence-electron chi connectivity index (χ3n) is 14.0. The van der Waals surface area contributed by atoms with Gasteiger partial charge in [-0.05, 0) is 157 Å². The van der Waals surface area contributed by atoms with Crippen molar-refractivity contribution in [2.75, 3.05) is 9.80 Å². The highest BCUT2D eigenvalue weighted by molar-refractivity contribution is 7.00. The van der Waals surface area contributed by atoms with Gasteiger partial charge in [0.1, 0.15) is 0 Å². The molecule has 0 radical (unpaired) electrons. The molecule has 0 aliphatic carbocycles. The molecule has 2 aliphatic rings. The summed E-state index contributed by atoms with van der Waals surface area (Å²) in [5.74, 6) is 0. The van der Waals surface area contributed by atoms with E-state index in [1.54, 1.807) is 0 Å². The molecule has 0 saturated carbocycles. The molecule has 3 heteroatoms. The van der Waals surface area contributed by atoms with E-state index in [2.05, 4.69) is 247 Å². The maximum absolute atomic E-state index is 2.63. The van der Waals surface area contributed by atoms with Gasteiger partial charge in [-0.3, -0.25) is 0 Å². The molecule has 0 N–H and O–H groups in total. The highest BCUT2D eigenvalue weighted by Gasteiger charge is 2.45. The third kappa shape index (κ3) is 7.39. The summed E-state index contributed by atoms with van der Waals surface area (Å²) in [6.45, 7) is 34.9. The minimum absolute atomic E-state index is 0.0132. The largest absolute Gasteiger partial charge is 0.311 e. The molecular weight excluding hydrogens is 771 g/mol. The summed E-state index contributed by atoms with van der Waals surface area (Å²) in [6.07, 6.45) is 0. The van der Waals surface area contributed by atoms with Crippen LogP contribution in [0.1, 0.15) is 122 Å². The first-order valence-corrected chi connectivity index (χ1v) is 23.5. The zero-order chi connectivity index (χ0) is 45.8. The second-order valence-corrected chi connectivity index (χ2v) is 23.0. The van der Waals surface area contributed by atoms with Crippen molar-refractivity contribution in [1.82, 2.24) is 0 Å². The lowest BCUT2D eigenvalue weighted by Crippen LogP contribution is -2.61. The van der Waals surface area contributed by atoms with E-state index < -0.39 is 0 Å². The molecule has 9 rings (SSSR count). The van der Waals surface area contributed by atoms with Crippen molar-refractivity contribution >= 4 is 57.2 Å². The summed E-state index contributed by atoms with van der Waals surface area (Å²) in [5.41, 5.74) is 25.5. The fourth-order valence-electron chi connectivity index (χ4n) is 10.2. The molecule has 0 fully saturated rings. The number of rotatable bonds is 4. The highest BCUT2D eigenvalue weighted by Crippen LogP contribution is 2.50. The van der Waals surface area contributed by atoms with Gasteiger partial charge >= 0.3 is 0 Å². The molecule has 2 heterocycles. The summed E-state index contributed by atoms with van der Waals surface area (Å²) in [7, 11) is 0. The molecule has 0 atom stereocenters. The standard InChI is InChI=1S/C61H67BN2/c1-38-32-55-57-56(33-38)64(52-29-25-42(59(7,8)9)35-48(52)46-23-19-17-21-40(46)3)54-31-27-44(61(13,14)15)37-50(54)62(57)49-36-43(60(10,11)12)26-30-53(49)63(55)51-28-24-41(58(4,5)6)34-47(51)45-22-18-16-20-39(45)2/h16-37H,1-15H3. The monoisotopic (exact) mass is 839 g/mol. The van der Waals surface area contributed by atoms with Gasteiger partial charge in [0.05, 0.1) is 11.4 Å². The molecule has 324 valence electrons. The number of hydrogen-bond acceptors (Lipinski definition) is 2. The second kappa shape index (κ2) is 15.2. The molecular formula is C61H67BN2. The smallest absolute Gasteiger partial charge is 0.252 e. The van der Waals surface area contributed by atoms with Crippen LogP contribution >= 0.6 is 0 Å². The molecule has 0 unspecified atom stereocenters. The van der Waals surface area contributed by atoms with Gasteiger partial charge in [-0.2, -0.15) is 0 Å². The highest BCUT2D eigenvalue weighted by atomic mass is 15.2. The Balaban J connectivity index is 1.44. The average molecular weight is 839 g/mol. The normalized spacial score (nSPS) is 13.8. The number of aryl methyl sites for hydroxylation is 3. The summed E-state index contributed by atoms with van der Waals surface area (Å²) in [5, 5.41) is 0. The van der Waals surface area contributed by atoms with Gasteiger partial charge in [-0.15, -0.1) is 0 Å². The number of benzene rings is 7. The van der Waals surface area contributed by atoms with Crippen molar-refractivity contribution in [2.24, 2.45) is 0 Å². The van der Waals surface area contributed by atoms with Crippen LogP contribution in [-0.4, -0.2) is 6.71 Å². The van der Waals surface area contributed by atoms with Gasteiger partial charge in [-0.1, -0.05) is 168 Å². The molecule has 7 aromatic rings. The van der Waals surface area contributed by atoms with Crippen LogP contribution in [0.25, 0.3) is 22.3 Å². The number of hydrogen-bond donors (Lipinski definition) is 0. The van der Waals surface area contributed by atoms with Crippen LogP contribution in [0, 0.1) is 20.8 Å². The summed E-state index contributed by atoms with van der Waals surface area (Å²) in [4.78, 5) is 5.25. The third-order valence-corrected chi connectivity index (χ3v) is 14.0. The molecule has 2 nitrogen and oxygen atoms in total. The zero-order valence-corrected chi connectivity index (χ0v) is 41.2. The first-order chi connectivity index (χ1) is 30.0. The maximum atomic E-state index is 2.63. The van der Waals surface area contributed by atoms with E-state index in [9.17, 15) is 0 Å². The van der Waals surface area contributed by atoms with Gasteiger partial charge in [0.2, 0.25) is 0 Å². The van der Waals surface area contributed by atoms with Crippen molar-refractivity contribution in [3.8, 4) is 22.3 Å². The minimum Gasteiger partial charge on any atom is -0.311 e. The predicted octanol–water partition coefficient (Wildman–Crippen LogP) is 15.2. The Morgan fingerprint density at radius 2 is 0.656 bits per heavy atom. The number of fused-ring (bicyclic) bond motifs is 4. The Morgan fingerprint density at radius 3 is 1.00 bits per heavy atom. The van der Waals surface area contributed by atoms with Gasteiger partial charge in [0, 0.05) is 33.9 Å². The van der Waals surface area contributed by atoms with E-state index in [4.69, 9.17) is 0 Å². The Labute approximate surface area is 385 Å². The predicted molar refractivity (Wildman–Crippen MR) is 280 cm³/mol. The van der Waals surface area contributed by atoms with Crippen LogP contribution in [-0.2, 0) is 21.7 Å². The SMILES string of the molecule is Cc1cc2c3c(c1)N(c1ccc(C(C)(C)C)cc1-c1ccccc1C)c1ccc(C(C)(C)C)cc1B3c1cc(C(C)(C)C)ccc1N2c1ccc(C(C)(C)C)cc1-c1ccccc1C. The fourth-order valence-corrected chi connectivity index (χ4v) is 10.2. The fraction of sp³-hybridized carbons (Fsp3) is 0.311. The van der Waals surface area contributed by atoms with Gasteiger partial charge in [0.15, 0.2) is 0 Å². The van der Waals surface area contributed by atoms with Crippen LogP contribution in [0.2, 0.25) is 0 Å². The van der Waals surface area contributed by atoms with Crippen LogP contribution in [0.5, 0.6) is 0 Å². The van der Waals surface area contributed by atoms with Gasteiger partial charge in [-0.25, -0.2) is 0 Å². The lowest BCUT2D eigenvalue weighted by molar-refractivity contribution is 0.590. The second-order valence-electron chi connectivity index (χ2n) is 23.0. The van der Waals surface area contributed by atoms with Crippen molar-refractivity contribution in [1.29, 1.82) is 0 Å². The molecule has 0 amide bonds. The van der Waals surface area contributed by atoms with Gasteiger partial charge in [0.25, 0.3) is 6.71 Å². The summed E-state index contributed by atoms with van der Waals surface area (Å²) >= 11 is 0. The van der Waals surface area contributed by atoms with E-state index >= 15 is 0 Å². The van der Waals surface area contributed by atoms with Crippen molar-refractivity contribution < 1.29 is 0 Å². The lowest BCUT2D eigenvalue weighted by atomic mass is 9.33. The molecule has 7 aromatic carbocycles. The van der Waals surface area contributed by atoms with Crippen LogP contribution in [0.15, 0.2) is 133 Å². The topological polar surface area (TPSA) is 6.48 Å². The molecule has 0 saturated heterocycles.